The van der Waals surface area contributed by atoms with E-state index in [1.807, 2.05) is 15.6 Å². The van der Waals surface area contributed by atoms with Gasteiger partial charge < -0.3 is 19.8 Å². The van der Waals surface area contributed by atoms with E-state index in [2.05, 4.69) is 71.3 Å². The number of likely N-dealkylation sites (tertiary alicyclic amines) is 1. The highest BCUT2D eigenvalue weighted by molar-refractivity contribution is 5.82. The van der Waals surface area contributed by atoms with Gasteiger partial charge >= 0.3 is 0 Å². The van der Waals surface area contributed by atoms with E-state index in [0.717, 1.165) is 81.6 Å². The third-order valence-electron chi connectivity index (χ3n) is 8.96. The predicted molar refractivity (Wildman–Crippen MR) is 147 cm³/mol. The molecule has 1 saturated carbocycles. The van der Waals surface area contributed by atoms with Gasteiger partial charge in [-0.15, -0.1) is 0 Å². The molecule has 0 spiro atoms. The topological polar surface area (TPSA) is 64.3 Å². The molecule has 3 aromatic rings. The number of benzene rings is 1. The van der Waals surface area contributed by atoms with Crippen molar-refractivity contribution in [1.29, 1.82) is 0 Å². The Balaban J connectivity index is 1.19. The van der Waals surface area contributed by atoms with Crippen molar-refractivity contribution in [2.75, 3.05) is 50.8 Å². The second-order valence-corrected chi connectivity index (χ2v) is 11.5. The maximum absolute atomic E-state index is 12.5. The second-order valence-electron chi connectivity index (χ2n) is 11.5. The Bertz CT molecular complexity index is 1250. The minimum Gasteiger partial charge on any atom is -0.395 e. The quantitative estimate of drug-likeness (QED) is 0.557. The molecule has 37 heavy (non-hydrogen) atoms. The highest BCUT2D eigenvalue weighted by Crippen LogP contribution is 2.37. The largest absolute Gasteiger partial charge is 0.395 e. The maximum Gasteiger partial charge on any atom is 0.225 e. The van der Waals surface area contributed by atoms with E-state index in [0.29, 0.717) is 17.9 Å². The first-order chi connectivity index (χ1) is 18.0. The van der Waals surface area contributed by atoms with Gasteiger partial charge in [0.2, 0.25) is 5.91 Å². The van der Waals surface area contributed by atoms with E-state index in [-0.39, 0.29) is 12.0 Å². The number of nitrogens with zero attached hydrogens (tertiary/aromatic N) is 5. The average molecular weight is 502 g/mol. The number of aliphatic hydroxyl groups is 1. The van der Waals surface area contributed by atoms with Crippen molar-refractivity contribution in [1.82, 2.24) is 19.4 Å². The van der Waals surface area contributed by atoms with Crippen LogP contribution in [0.5, 0.6) is 0 Å². The minimum absolute atomic E-state index is 0.146. The van der Waals surface area contributed by atoms with Crippen LogP contribution in [0.25, 0.3) is 16.6 Å². The number of piperazine rings is 1. The lowest BCUT2D eigenvalue weighted by atomic mass is 9.73. The van der Waals surface area contributed by atoms with Crippen LogP contribution in [0.15, 0.2) is 48.8 Å². The van der Waals surface area contributed by atoms with Crippen molar-refractivity contribution in [3.05, 3.63) is 54.4 Å². The number of fused-ring (bicyclic) bond motifs is 1. The lowest BCUT2D eigenvalue weighted by Crippen LogP contribution is -2.49. The van der Waals surface area contributed by atoms with Gasteiger partial charge in [-0.3, -0.25) is 4.79 Å². The van der Waals surface area contributed by atoms with Crippen LogP contribution >= 0.6 is 0 Å². The molecule has 0 radical (unpaired) electrons. The zero-order valence-corrected chi connectivity index (χ0v) is 22.1. The molecule has 0 unspecified atom stereocenters. The number of hydrogen-bond donors (Lipinski definition) is 1. The highest BCUT2D eigenvalue weighted by atomic mass is 16.3. The zero-order valence-electron chi connectivity index (χ0n) is 22.1. The molecule has 3 fully saturated rings. The molecule has 1 amide bonds. The number of carbonyl (C=O) groups is 1. The monoisotopic (exact) mass is 501 g/mol. The van der Waals surface area contributed by atoms with Gasteiger partial charge in [0.15, 0.2) is 0 Å². The third kappa shape index (κ3) is 4.64. The number of aromatic nitrogens is 2. The van der Waals surface area contributed by atoms with Gasteiger partial charge in [-0.1, -0.05) is 24.3 Å². The highest BCUT2D eigenvalue weighted by Gasteiger charge is 2.37. The smallest absolute Gasteiger partial charge is 0.225 e. The van der Waals surface area contributed by atoms with Gasteiger partial charge in [-0.25, -0.2) is 4.52 Å². The lowest BCUT2D eigenvalue weighted by molar-refractivity contribution is -0.132. The predicted octanol–water partition coefficient (Wildman–Crippen LogP) is 3.79. The van der Waals surface area contributed by atoms with Crippen molar-refractivity contribution >= 4 is 17.1 Å². The summed E-state index contributed by atoms with van der Waals surface area (Å²) in [6.07, 6.45) is 8.08. The molecule has 0 atom stereocenters. The summed E-state index contributed by atoms with van der Waals surface area (Å²) in [4.78, 5) is 19.4. The van der Waals surface area contributed by atoms with Crippen LogP contribution in [-0.4, -0.2) is 82.3 Å². The number of hydrogen-bond acceptors (Lipinski definition) is 5. The summed E-state index contributed by atoms with van der Waals surface area (Å²) in [5.74, 6) is 0.639. The normalized spacial score (nSPS) is 20.6. The van der Waals surface area contributed by atoms with Crippen molar-refractivity contribution in [3.8, 4) is 11.1 Å². The van der Waals surface area contributed by atoms with Crippen LogP contribution in [0.2, 0.25) is 0 Å². The molecule has 7 heteroatoms. The maximum atomic E-state index is 12.5. The van der Waals surface area contributed by atoms with Crippen molar-refractivity contribution in [2.24, 2.45) is 5.92 Å². The van der Waals surface area contributed by atoms with E-state index >= 15 is 0 Å². The molecule has 1 aliphatic carbocycles. The number of carbonyl (C=O) groups excluding carboxylic acids is 1. The van der Waals surface area contributed by atoms with Crippen molar-refractivity contribution < 1.29 is 9.90 Å². The summed E-state index contributed by atoms with van der Waals surface area (Å²) in [6.45, 7) is 10.0. The van der Waals surface area contributed by atoms with Crippen molar-refractivity contribution in [2.45, 2.75) is 51.0 Å². The molecule has 1 aromatic carbocycles. The molecule has 2 aromatic heterocycles. The van der Waals surface area contributed by atoms with Crippen molar-refractivity contribution in [3.63, 3.8) is 0 Å². The van der Waals surface area contributed by atoms with Crippen LogP contribution in [0.3, 0.4) is 0 Å². The van der Waals surface area contributed by atoms with Crippen LogP contribution in [0.1, 0.15) is 45.1 Å². The molecule has 7 nitrogen and oxygen atoms in total. The van der Waals surface area contributed by atoms with E-state index in [9.17, 15) is 9.90 Å². The summed E-state index contributed by atoms with van der Waals surface area (Å²) in [7, 11) is 0. The Morgan fingerprint density at radius 3 is 2.32 bits per heavy atom. The number of amides is 1. The molecule has 3 aliphatic rings. The number of piperidine rings is 1. The Hall–Kier alpha value is -2.90. The SMILES string of the molecule is CC(C)N1CCC(CO)(c2ccc(-c3cc4c(N5CCN(C(=O)C6CC6)CC5)ccnn4c3)cc2)CC1. The fourth-order valence-corrected chi connectivity index (χ4v) is 6.20. The summed E-state index contributed by atoms with van der Waals surface area (Å²) in [6, 6.07) is 13.7. The minimum atomic E-state index is -0.146. The number of aliphatic hydroxyl groups excluding tert-OH is 1. The fourth-order valence-electron chi connectivity index (χ4n) is 6.20. The van der Waals surface area contributed by atoms with E-state index in [1.165, 1.54) is 11.3 Å². The molecule has 196 valence electrons. The lowest BCUT2D eigenvalue weighted by Gasteiger charge is -2.42. The van der Waals surface area contributed by atoms with Crippen LogP contribution < -0.4 is 4.90 Å². The van der Waals surface area contributed by atoms with E-state index in [4.69, 9.17) is 0 Å². The molecule has 2 aliphatic heterocycles. The first-order valence-corrected chi connectivity index (χ1v) is 13.9. The summed E-state index contributed by atoms with van der Waals surface area (Å²) < 4.78 is 1.97. The Labute approximate surface area is 219 Å². The zero-order chi connectivity index (χ0) is 25.6. The first-order valence-electron chi connectivity index (χ1n) is 13.9. The molecular formula is C30H39N5O2. The summed E-state index contributed by atoms with van der Waals surface area (Å²) in [5.41, 5.74) is 5.66. The Kier molecular flexibility index (Phi) is 6.45. The van der Waals surface area contributed by atoms with E-state index in [1.54, 1.807) is 0 Å². The first kappa shape index (κ1) is 24.4. The number of rotatable bonds is 6. The molecule has 0 bridgehead atoms. The molecule has 6 rings (SSSR count). The van der Waals surface area contributed by atoms with Gasteiger partial charge in [-0.2, -0.15) is 5.10 Å². The summed E-state index contributed by atoms with van der Waals surface area (Å²) >= 11 is 0. The molecular weight excluding hydrogens is 462 g/mol. The van der Waals surface area contributed by atoms with Crippen LogP contribution in [0, 0.1) is 5.92 Å². The van der Waals surface area contributed by atoms with Gasteiger partial charge in [0, 0.05) is 61.5 Å². The van der Waals surface area contributed by atoms with Gasteiger partial charge in [0.25, 0.3) is 0 Å². The standard InChI is InChI=1S/C30H39N5O2/c1-22(2)32-13-10-30(21-36,11-14-32)26-7-5-23(6-8-26)25-19-28-27(9-12-31-35(28)20-25)33-15-17-34(18-16-33)29(37)24-3-4-24/h5-9,12,19-20,22,24,36H,3-4,10-11,13-18,21H2,1-2H3. The fraction of sp³-hybridized carbons (Fsp3) is 0.533. The molecule has 4 heterocycles. The molecule has 2 saturated heterocycles. The number of anilines is 1. The Morgan fingerprint density at radius 1 is 1.00 bits per heavy atom. The summed E-state index contributed by atoms with van der Waals surface area (Å²) in [5, 5.41) is 15.0. The van der Waals surface area contributed by atoms with Gasteiger partial charge in [-0.05, 0) is 75.9 Å². The van der Waals surface area contributed by atoms with Gasteiger partial charge in [0.1, 0.15) is 0 Å². The van der Waals surface area contributed by atoms with E-state index < -0.39 is 0 Å². The van der Waals surface area contributed by atoms with Crippen LogP contribution in [-0.2, 0) is 10.2 Å². The average Bonchev–Trinajstić information content (AvgIpc) is 3.70. The Morgan fingerprint density at radius 2 is 1.70 bits per heavy atom. The van der Waals surface area contributed by atoms with Gasteiger partial charge in [0.05, 0.1) is 17.8 Å². The second kappa shape index (κ2) is 9.76. The molecule has 1 N–H and O–H groups in total. The third-order valence-corrected chi connectivity index (χ3v) is 8.96. The van der Waals surface area contributed by atoms with Crippen LogP contribution in [0.4, 0.5) is 5.69 Å².